The second-order valence-corrected chi connectivity index (χ2v) is 14.6. The number of para-hydroxylation sites is 5. The number of rotatable bonds is 7. The molecule has 0 spiro atoms. The SMILES string of the molecule is CC1(C)c2ccccc2-c2ccc(-n3c4ccccc4c4c(N(c5ccccc5)c5ccccc5)cc(N(c5ccccc5)c5ccccc5)cc43)cc21. The second-order valence-electron chi connectivity index (χ2n) is 14.6. The van der Waals surface area contributed by atoms with Gasteiger partial charge in [0.2, 0.25) is 0 Å². The van der Waals surface area contributed by atoms with E-state index in [2.05, 4.69) is 228 Å². The third kappa shape index (κ3) is 5.04. The maximum absolute atomic E-state index is 2.49. The van der Waals surface area contributed by atoms with Crippen LogP contribution in [-0.4, -0.2) is 4.57 Å². The molecule has 3 nitrogen and oxygen atoms in total. The van der Waals surface area contributed by atoms with Gasteiger partial charge in [-0.25, -0.2) is 0 Å². The van der Waals surface area contributed by atoms with Gasteiger partial charge in [-0.05, 0) is 101 Å². The van der Waals surface area contributed by atoms with Crippen LogP contribution in [0.1, 0.15) is 25.0 Å². The average Bonchev–Trinajstić information content (AvgIpc) is 3.68. The van der Waals surface area contributed by atoms with Crippen molar-refractivity contribution in [3.8, 4) is 16.8 Å². The zero-order chi connectivity index (χ0) is 36.2. The molecule has 0 saturated carbocycles. The zero-order valence-electron chi connectivity index (χ0n) is 30.4. The fourth-order valence-corrected chi connectivity index (χ4v) is 8.66. The molecule has 0 fully saturated rings. The first kappa shape index (κ1) is 31.9. The van der Waals surface area contributed by atoms with E-state index in [0.29, 0.717) is 0 Å². The van der Waals surface area contributed by atoms with Gasteiger partial charge in [-0.1, -0.05) is 135 Å². The molecule has 0 atom stereocenters. The summed E-state index contributed by atoms with van der Waals surface area (Å²) in [4.78, 5) is 4.79. The molecule has 8 aromatic carbocycles. The first-order valence-corrected chi connectivity index (χ1v) is 18.7. The van der Waals surface area contributed by atoms with Crippen molar-refractivity contribution in [3.05, 3.63) is 211 Å². The summed E-state index contributed by atoms with van der Waals surface area (Å²) in [5.41, 5.74) is 15.3. The molecule has 54 heavy (non-hydrogen) atoms. The van der Waals surface area contributed by atoms with E-state index in [4.69, 9.17) is 0 Å². The molecule has 1 heterocycles. The predicted octanol–water partition coefficient (Wildman–Crippen LogP) is 14.0. The predicted molar refractivity (Wildman–Crippen MR) is 228 cm³/mol. The number of benzene rings is 8. The summed E-state index contributed by atoms with van der Waals surface area (Å²) in [6, 6.07) is 72.5. The maximum atomic E-state index is 2.49. The summed E-state index contributed by atoms with van der Waals surface area (Å²) in [6.07, 6.45) is 0. The van der Waals surface area contributed by atoms with E-state index in [1.165, 1.54) is 38.5 Å². The Morgan fingerprint density at radius 3 is 1.50 bits per heavy atom. The molecular weight excluding hydrogens is 655 g/mol. The lowest BCUT2D eigenvalue weighted by atomic mass is 9.82. The van der Waals surface area contributed by atoms with E-state index in [1.807, 2.05) is 0 Å². The van der Waals surface area contributed by atoms with Crippen LogP contribution in [0.5, 0.6) is 0 Å². The summed E-state index contributed by atoms with van der Waals surface area (Å²) in [7, 11) is 0. The van der Waals surface area contributed by atoms with Crippen LogP contribution in [-0.2, 0) is 5.41 Å². The zero-order valence-corrected chi connectivity index (χ0v) is 30.4. The van der Waals surface area contributed by atoms with Crippen LogP contribution in [0, 0.1) is 0 Å². The van der Waals surface area contributed by atoms with Crippen molar-refractivity contribution in [1.29, 1.82) is 0 Å². The van der Waals surface area contributed by atoms with Crippen molar-refractivity contribution >= 4 is 55.9 Å². The molecule has 1 aliphatic rings. The summed E-state index contributed by atoms with van der Waals surface area (Å²) in [5, 5.41) is 2.41. The molecule has 0 unspecified atom stereocenters. The Labute approximate surface area is 316 Å². The molecule has 3 heteroatoms. The van der Waals surface area contributed by atoms with E-state index < -0.39 is 0 Å². The third-order valence-corrected chi connectivity index (χ3v) is 11.1. The second kappa shape index (κ2) is 12.7. The van der Waals surface area contributed by atoms with Gasteiger partial charge in [0.15, 0.2) is 0 Å². The van der Waals surface area contributed by atoms with Crippen molar-refractivity contribution in [2.24, 2.45) is 0 Å². The van der Waals surface area contributed by atoms with Crippen molar-refractivity contribution in [2.45, 2.75) is 19.3 Å². The molecule has 0 aliphatic heterocycles. The third-order valence-electron chi connectivity index (χ3n) is 11.1. The van der Waals surface area contributed by atoms with Crippen LogP contribution in [0.3, 0.4) is 0 Å². The molecule has 10 rings (SSSR count). The summed E-state index contributed by atoms with van der Waals surface area (Å²) in [6.45, 7) is 4.72. The van der Waals surface area contributed by atoms with Gasteiger partial charge in [-0.2, -0.15) is 0 Å². The fourth-order valence-electron chi connectivity index (χ4n) is 8.66. The van der Waals surface area contributed by atoms with Crippen LogP contribution in [0.4, 0.5) is 34.1 Å². The van der Waals surface area contributed by atoms with E-state index in [-0.39, 0.29) is 5.41 Å². The van der Waals surface area contributed by atoms with Crippen molar-refractivity contribution in [1.82, 2.24) is 4.57 Å². The van der Waals surface area contributed by atoms with Crippen LogP contribution >= 0.6 is 0 Å². The minimum Gasteiger partial charge on any atom is -0.310 e. The normalized spacial score (nSPS) is 12.8. The lowest BCUT2D eigenvalue weighted by Gasteiger charge is -2.30. The first-order valence-electron chi connectivity index (χ1n) is 18.7. The maximum Gasteiger partial charge on any atom is 0.0583 e. The van der Waals surface area contributed by atoms with Gasteiger partial charge in [0.1, 0.15) is 0 Å². The lowest BCUT2D eigenvalue weighted by Crippen LogP contribution is -2.15. The minimum atomic E-state index is -0.119. The van der Waals surface area contributed by atoms with Gasteiger partial charge in [0.05, 0.1) is 22.4 Å². The van der Waals surface area contributed by atoms with E-state index in [9.17, 15) is 0 Å². The first-order chi connectivity index (χ1) is 26.6. The standard InChI is InChI=1S/C51H39N3/c1-51(2)45-29-17-15-27-42(45)43-32-31-40(33-46(43)51)54-47-30-18-16-28-44(47)50-48(53(38-23-11-5-12-24-38)39-25-13-6-14-26-39)34-41(35-49(50)54)52(36-19-7-3-8-20-36)37-21-9-4-10-22-37/h3-35H,1-2H3. The highest BCUT2D eigenvalue weighted by atomic mass is 15.2. The van der Waals surface area contributed by atoms with Gasteiger partial charge in [-0.3, -0.25) is 0 Å². The van der Waals surface area contributed by atoms with Crippen LogP contribution in [0.15, 0.2) is 200 Å². The van der Waals surface area contributed by atoms with Gasteiger partial charge in [0, 0.05) is 44.6 Å². The minimum absolute atomic E-state index is 0.119. The van der Waals surface area contributed by atoms with Crippen molar-refractivity contribution < 1.29 is 0 Å². The molecule has 1 aliphatic carbocycles. The number of hydrogen-bond donors (Lipinski definition) is 0. The Hall–Kier alpha value is -6.84. The highest BCUT2D eigenvalue weighted by molar-refractivity contribution is 6.18. The fraction of sp³-hybridized carbons (Fsp3) is 0.0588. The van der Waals surface area contributed by atoms with Gasteiger partial charge in [-0.15, -0.1) is 0 Å². The summed E-state index contributed by atoms with van der Waals surface area (Å²) in [5.74, 6) is 0. The monoisotopic (exact) mass is 693 g/mol. The van der Waals surface area contributed by atoms with Gasteiger partial charge >= 0.3 is 0 Å². The summed E-state index contributed by atoms with van der Waals surface area (Å²) >= 11 is 0. The molecule has 258 valence electrons. The molecule has 9 aromatic rings. The smallest absolute Gasteiger partial charge is 0.0583 e. The number of hydrogen-bond acceptors (Lipinski definition) is 2. The van der Waals surface area contributed by atoms with E-state index in [0.717, 1.165) is 45.3 Å². The van der Waals surface area contributed by atoms with Crippen molar-refractivity contribution in [3.63, 3.8) is 0 Å². The average molecular weight is 694 g/mol. The molecule has 1 aromatic heterocycles. The Balaban J connectivity index is 1.33. The highest BCUT2D eigenvalue weighted by Crippen LogP contribution is 2.51. The number of aromatic nitrogens is 1. The number of anilines is 6. The van der Waals surface area contributed by atoms with E-state index in [1.54, 1.807) is 0 Å². The van der Waals surface area contributed by atoms with Crippen molar-refractivity contribution in [2.75, 3.05) is 9.80 Å². The molecule has 0 saturated heterocycles. The molecular formula is C51H39N3. The largest absolute Gasteiger partial charge is 0.310 e. The quantitative estimate of drug-likeness (QED) is 0.165. The highest BCUT2D eigenvalue weighted by Gasteiger charge is 2.35. The Morgan fingerprint density at radius 2 is 0.889 bits per heavy atom. The summed E-state index contributed by atoms with van der Waals surface area (Å²) < 4.78 is 2.49. The molecule has 0 radical (unpaired) electrons. The molecule has 0 N–H and O–H groups in total. The Bertz CT molecular complexity index is 2710. The van der Waals surface area contributed by atoms with Gasteiger partial charge < -0.3 is 14.4 Å². The Morgan fingerprint density at radius 1 is 0.389 bits per heavy atom. The number of nitrogens with zero attached hydrogens (tertiary/aromatic N) is 3. The Kier molecular flexibility index (Phi) is 7.48. The number of fused-ring (bicyclic) bond motifs is 6. The van der Waals surface area contributed by atoms with E-state index >= 15 is 0 Å². The lowest BCUT2D eigenvalue weighted by molar-refractivity contribution is 0.660. The van der Waals surface area contributed by atoms with Crippen LogP contribution in [0.2, 0.25) is 0 Å². The van der Waals surface area contributed by atoms with Gasteiger partial charge in [0.25, 0.3) is 0 Å². The molecule has 0 amide bonds. The van der Waals surface area contributed by atoms with Crippen LogP contribution in [0.25, 0.3) is 38.6 Å². The van der Waals surface area contributed by atoms with Crippen LogP contribution < -0.4 is 9.80 Å². The topological polar surface area (TPSA) is 11.4 Å². The molecule has 0 bridgehead atoms.